The van der Waals surface area contributed by atoms with Gasteiger partial charge in [-0.15, -0.1) is 0 Å². The molecule has 0 saturated carbocycles. The van der Waals surface area contributed by atoms with Crippen LogP contribution in [0.2, 0.25) is 0 Å². The number of rotatable bonds is 11. The minimum absolute atomic E-state index is 0.0269. The lowest BCUT2D eigenvalue weighted by Crippen LogP contribution is -2.40. The van der Waals surface area contributed by atoms with E-state index in [1.54, 1.807) is 11.8 Å². The van der Waals surface area contributed by atoms with E-state index in [2.05, 4.69) is 9.46 Å². The second kappa shape index (κ2) is 10.4. The fourth-order valence-electron chi connectivity index (χ4n) is 1.09. The molecule has 0 aliphatic carbocycles. The number of aliphatic hydroxyl groups is 1. The highest BCUT2D eigenvalue weighted by molar-refractivity contribution is 7.99. The van der Waals surface area contributed by atoms with Crippen molar-refractivity contribution in [2.75, 3.05) is 45.4 Å². The molecule has 0 heterocycles. The number of aliphatic hydroxyl groups excluding tert-OH is 1. The van der Waals surface area contributed by atoms with E-state index in [0.29, 0.717) is 18.7 Å². The van der Waals surface area contributed by atoms with E-state index in [-0.39, 0.29) is 19.6 Å². The average molecular weight is 314 g/mol. The summed E-state index contributed by atoms with van der Waals surface area (Å²) in [5.74, 6) is 1.00. The second-order valence-electron chi connectivity index (χ2n) is 3.74. The molecule has 19 heavy (non-hydrogen) atoms. The minimum atomic E-state index is -3.54. The number of thioether (sulfide) groups is 1. The Bertz CT molecular complexity index is 348. The molecule has 9 heteroatoms. The Kier molecular flexibility index (Phi) is 10.2. The van der Waals surface area contributed by atoms with Gasteiger partial charge in [0.1, 0.15) is 0 Å². The first-order valence-corrected chi connectivity index (χ1v) is 8.50. The van der Waals surface area contributed by atoms with Crippen LogP contribution in [0, 0.1) is 0 Å². The van der Waals surface area contributed by atoms with Gasteiger partial charge in [0.15, 0.2) is 0 Å². The summed E-state index contributed by atoms with van der Waals surface area (Å²) in [6.07, 6.45) is 0.732. The van der Waals surface area contributed by atoms with E-state index in [1.165, 1.54) is 14.2 Å². The van der Waals surface area contributed by atoms with Gasteiger partial charge in [-0.2, -0.15) is 24.5 Å². The summed E-state index contributed by atoms with van der Waals surface area (Å²) in [6.45, 7) is 0.551. The Hall–Kier alpha value is -0.350. The Morgan fingerprint density at radius 3 is 2.68 bits per heavy atom. The topological polar surface area (TPSA) is 95.9 Å². The van der Waals surface area contributed by atoms with Gasteiger partial charge >= 0.3 is 5.97 Å². The molecule has 2 N–H and O–H groups in total. The van der Waals surface area contributed by atoms with Crippen LogP contribution >= 0.6 is 11.8 Å². The SMILES string of the molecule is COC(=O)CCN(C)S(=O)(=O)NCCSCCCO. The fourth-order valence-corrected chi connectivity index (χ4v) is 2.92. The zero-order valence-corrected chi connectivity index (χ0v) is 12.9. The van der Waals surface area contributed by atoms with Gasteiger partial charge in [0.05, 0.1) is 13.5 Å². The van der Waals surface area contributed by atoms with E-state index in [9.17, 15) is 13.2 Å². The van der Waals surface area contributed by atoms with Crippen LogP contribution in [0.4, 0.5) is 0 Å². The quantitative estimate of drug-likeness (QED) is 0.392. The predicted molar refractivity (Wildman–Crippen MR) is 75.2 cm³/mol. The Balaban J connectivity index is 3.86. The maximum absolute atomic E-state index is 11.7. The smallest absolute Gasteiger partial charge is 0.306 e. The molecule has 0 aromatic rings. The molecule has 0 aromatic carbocycles. The first kappa shape index (κ1) is 18.7. The lowest BCUT2D eigenvalue weighted by molar-refractivity contribution is -0.140. The first-order valence-electron chi connectivity index (χ1n) is 5.90. The summed E-state index contributed by atoms with van der Waals surface area (Å²) in [5.41, 5.74) is 0. The first-order chi connectivity index (χ1) is 8.94. The van der Waals surface area contributed by atoms with Crippen LogP contribution in [0.15, 0.2) is 0 Å². The third-order valence-electron chi connectivity index (χ3n) is 2.25. The minimum Gasteiger partial charge on any atom is -0.469 e. The Morgan fingerprint density at radius 2 is 2.11 bits per heavy atom. The van der Waals surface area contributed by atoms with Gasteiger partial charge in [0, 0.05) is 32.5 Å². The molecule has 0 atom stereocenters. The van der Waals surface area contributed by atoms with Crippen molar-refractivity contribution in [1.29, 1.82) is 0 Å². The molecule has 0 amide bonds. The highest BCUT2D eigenvalue weighted by Gasteiger charge is 2.17. The third-order valence-corrected chi connectivity index (χ3v) is 4.89. The van der Waals surface area contributed by atoms with Gasteiger partial charge in [0.2, 0.25) is 0 Å². The maximum atomic E-state index is 11.7. The van der Waals surface area contributed by atoms with Crippen LogP contribution < -0.4 is 4.72 Å². The van der Waals surface area contributed by atoms with Crippen LogP contribution in [-0.4, -0.2) is 69.2 Å². The summed E-state index contributed by atoms with van der Waals surface area (Å²) in [5, 5.41) is 8.58. The normalized spacial score (nSPS) is 11.8. The zero-order valence-electron chi connectivity index (χ0n) is 11.3. The molecule has 0 rings (SSSR count). The summed E-state index contributed by atoms with van der Waals surface area (Å²) in [6, 6.07) is 0. The molecule has 0 aliphatic heterocycles. The lowest BCUT2D eigenvalue weighted by atomic mass is 10.4. The molecule has 0 aromatic heterocycles. The molecule has 114 valence electrons. The van der Waals surface area contributed by atoms with Crippen LogP contribution in [0.1, 0.15) is 12.8 Å². The van der Waals surface area contributed by atoms with Crippen LogP contribution in [-0.2, 0) is 19.7 Å². The van der Waals surface area contributed by atoms with Crippen molar-refractivity contribution in [2.24, 2.45) is 0 Å². The van der Waals surface area contributed by atoms with Crippen molar-refractivity contribution >= 4 is 27.9 Å². The number of hydrogen-bond acceptors (Lipinski definition) is 6. The summed E-state index contributed by atoms with van der Waals surface area (Å²) in [7, 11) is -0.875. The van der Waals surface area contributed by atoms with Gasteiger partial charge in [-0.3, -0.25) is 4.79 Å². The second-order valence-corrected chi connectivity index (χ2v) is 6.82. The number of ether oxygens (including phenoxy) is 1. The van der Waals surface area contributed by atoms with Gasteiger partial charge in [-0.25, -0.2) is 4.72 Å². The Morgan fingerprint density at radius 1 is 1.42 bits per heavy atom. The van der Waals surface area contributed by atoms with Gasteiger partial charge in [-0.1, -0.05) is 0 Å². The fraction of sp³-hybridized carbons (Fsp3) is 0.900. The summed E-state index contributed by atoms with van der Waals surface area (Å²) >= 11 is 1.57. The molecule has 0 aliphatic rings. The van der Waals surface area contributed by atoms with Crippen molar-refractivity contribution in [3.8, 4) is 0 Å². The van der Waals surface area contributed by atoms with E-state index < -0.39 is 16.2 Å². The summed E-state index contributed by atoms with van der Waals surface area (Å²) < 4.78 is 31.4. The molecule has 0 radical (unpaired) electrons. The largest absolute Gasteiger partial charge is 0.469 e. The molecule has 0 saturated heterocycles. The van der Waals surface area contributed by atoms with Crippen molar-refractivity contribution in [1.82, 2.24) is 9.03 Å². The molecular formula is C10H22N2O5S2. The van der Waals surface area contributed by atoms with E-state index >= 15 is 0 Å². The maximum Gasteiger partial charge on any atom is 0.306 e. The average Bonchev–Trinajstić information content (AvgIpc) is 2.39. The van der Waals surface area contributed by atoms with Gasteiger partial charge in [-0.05, 0) is 12.2 Å². The van der Waals surface area contributed by atoms with Gasteiger partial charge < -0.3 is 9.84 Å². The van der Waals surface area contributed by atoms with Crippen molar-refractivity contribution in [3.05, 3.63) is 0 Å². The number of carbonyl (C=O) groups is 1. The van der Waals surface area contributed by atoms with E-state index in [4.69, 9.17) is 5.11 Å². The number of carbonyl (C=O) groups excluding carboxylic acids is 1. The molecule has 7 nitrogen and oxygen atoms in total. The van der Waals surface area contributed by atoms with Crippen LogP contribution in [0.5, 0.6) is 0 Å². The number of esters is 1. The molecule has 0 bridgehead atoms. The molecule has 0 spiro atoms. The zero-order chi connectivity index (χ0) is 14.7. The van der Waals surface area contributed by atoms with Crippen molar-refractivity contribution in [3.63, 3.8) is 0 Å². The molecule has 0 unspecified atom stereocenters. The number of nitrogens with one attached hydrogen (secondary N) is 1. The van der Waals surface area contributed by atoms with Crippen LogP contribution in [0.25, 0.3) is 0 Å². The Labute approximate surface area is 118 Å². The monoisotopic (exact) mass is 314 g/mol. The van der Waals surface area contributed by atoms with E-state index in [1.807, 2.05) is 0 Å². The van der Waals surface area contributed by atoms with E-state index in [0.717, 1.165) is 10.1 Å². The van der Waals surface area contributed by atoms with Crippen molar-refractivity contribution in [2.45, 2.75) is 12.8 Å². The number of hydrogen-bond donors (Lipinski definition) is 2. The van der Waals surface area contributed by atoms with Crippen LogP contribution in [0.3, 0.4) is 0 Å². The molecular weight excluding hydrogens is 292 g/mol. The number of nitrogens with zero attached hydrogens (tertiary/aromatic N) is 1. The van der Waals surface area contributed by atoms with Crippen molar-refractivity contribution < 1.29 is 23.1 Å². The standard InChI is InChI=1S/C10H22N2O5S2/c1-12(6-4-10(14)17-2)19(15,16)11-5-9-18-8-3-7-13/h11,13H,3-9H2,1-2H3. The summed E-state index contributed by atoms with van der Waals surface area (Å²) in [4.78, 5) is 10.9. The number of methoxy groups -OCH3 is 1. The molecule has 0 fully saturated rings. The lowest BCUT2D eigenvalue weighted by Gasteiger charge is -2.16. The van der Waals surface area contributed by atoms with Gasteiger partial charge in [0.25, 0.3) is 10.2 Å². The predicted octanol–water partition coefficient (Wildman–Crippen LogP) is -0.569. The highest BCUT2D eigenvalue weighted by atomic mass is 32.2. The highest BCUT2D eigenvalue weighted by Crippen LogP contribution is 2.02. The third kappa shape index (κ3) is 9.22.